The van der Waals surface area contributed by atoms with E-state index in [1.165, 1.54) is 30.5 Å². The second-order valence-electron chi connectivity index (χ2n) is 8.08. The van der Waals surface area contributed by atoms with Crippen molar-refractivity contribution in [2.45, 2.75) is 38.3 Å². The number of hydrogen-bond acceptors (Lipinski definition) is 4. The molecule has 5 rings (SSSR count). The maximum absolute atomic E-state index is 5.91. The van der Waals surface area contributed by atoms with Gasteiger partial charge >= 0.3 is 0 Å². The topological polar surface area (TPSA) is 70.8 Å². The summed E-state index contributed by atoms with van der Waals surface area (Å²) in [6, 6.07) is 13.0. The molecule has 0 amide bonds. The van der Waals surface area contributed by atoms with Gasteiger partial charge in [-0.15, -0.1) is 12.4 Å². The molecule has 5 nitrogen and oxygen atoms in total. The fraction of sp³-hybridized carbons (Fsp3) is 0.455. The van der Waals surface area contributed by atoms with Crippen LogP contribution in [0.25, 0.3) is 11.0 Å². The third-order valence-electron chi connectivity index (χ3n) is 6.24. The van der Waals surface area contributed by atoms with Crippen molar-refractivity contribution in [1.82, 2.24) is 19.9 Å². The van der Waals surface area contributed by atoms with Crippen LogP contribution in [0.1, 0.15) is 42.4 Å². The molecule has 3 aromatic rings. The third-order valence-corrected chi connectivity index (χ3v) is 6.24. The van der Waals surface area contributed by atoms with Crippen molar-refractivity contribution in [2.75, 3.05) is 13.1 Å². The van der Waals surface area contributed by atoms with Crippen LogP contribution in [0.2, 0.25) is 0 Å². The lowest BCUT2D eigenvalue weighted by Crippen LogP contribution is -2.34. The Morgan fingerprint density at radius 1 is 1.14 bits per heavy atom. The van der Waals surface area contributed by atoms with Gasteiger partial charge in [0.25, 0.3) is 0 Å². The van der Waals surface area contributed by atoms with Gasteiger partial charge in [-0.2, -0.15) is 0 Å². The molecule has 6 heteroatoms. The van der Waals surface area contributed by atoms with E-state index < -0.39 is 0 Å². The maximum atomic E-state index is 5.91. The molecule has 0 unspecified atom stereocenters. The van der Waals surface area contributed by atoms with Crippen LogP contribution in [-0.4, -0.2) is 32.9 Å². The molecule has 0 saturated heterocycles. The van der Waals surface area contributed by atoms with E-state index in [4.69, 9.17) is 15.7 Å². The van der Waals surface area contributed by atoms with Crippen molar-refractivity contribution >= 4 is 23.4 Å². The number of nitrogens with one attached hydrogen (secondary N) is 1. The van der Waals surface area contributed by atoms with Crippen LogP contribution in [0.15, 0.2) is 42.6 Å². The van der Waals surface area contributed by atoms with E-state index in [1.807, 2.05) is 12.3 Å². The van der Waals surface area contributed by atoms with Gasteiger partial charge in [0.1, 0.15) is 5.82 Å². The molecule has 148 valence electrons. The minimum Gasteiger partial charge on any atom is -0.341 e. The second-order valence-corrected chi connectivity index (χ2v) is 8.08. The van der Waals surface area contributed by atoms with Crippen LogP contribution < -0.4 is 5.73 Å². The Kier molecular flexibility index (Phi) is 5.67. The Hall–Kier alpha value is -1.95. The lowest BCUT2D eigenvalue weighted by molar-refractivity contribution is 0.152. The number of nitrogens with two attached hydrogens (primary N) is 1. The summed E-state index contributed by atoms with van der Waals surface area (Å²) < 4.78 is 0. The van der Waals surface area contributed by atoms with E-state index in [9.17, 15) is 0 Å². The molecule has 1 saturated carbocycles. The first-order valence-electron chi connectivity index (χ1n) is 10.1. The van der Waals surface area contributed by atoms with Gasteiger partial charge in [-0.3, -0.25) is 9.88 Å². The molecule has 2 aliphatic rings. The first-order valence-corrected chi connectivity index (χ1v) is 10.1. The lowest BCUT2D eigenvalue weighted by Gasteiger charge is -2.34. The number of H-pyrrole nitrogens is 1. The first-order chi connectivity index (χ1) is 13.3. The predicted molar refractivity (Wildman–Crippen MR) is 114 cm³/mol. The number of nitrogens with zero attached hydrogens (tertiary/aromatic N) is 3. The average Bonchev–Trinajstić information content (AvgIpc) is 3.34. The molecule has 0 radical (unpaired) electrons. The fourth-order valence-electron chi connectivity index (χ4n) is 4.64. The molecule has 2 aromatic heterocycles. The molecule has 1 fully saturated rings. The number of halogens is 1. The summed E-state index contributed by atoms with van der Waals surface area (Å²) in [5.41, 5.74) is 10.7. The number of fused-ring (bicyclic) bond motifs is 2. The standard InChI is InChI=1S/C22H27N5.ClH/c23-12-16-11-17(16)13-27(14-21-25-18-7-1-2-8-19(18)26-21)20-9-3-5-15-6-4-10-24-22(15)20;/h1-2,4,6-8,10,16-17,20H,3,5,9,11-14,23H2,(H,25,26);1H/t16-,17-,20-;/m0./s1. The summed E-state index contributed by atoms with van der Waals surface area (Å²) in [6.07, 6.45) is 6.74. The van der Waals surface area contributed by atoms with Crippen LogP contribution in [0.5, 0.6) is 0 Å². The Morgan fingerprint density at radius 2 is 2.04 bits per heavy atom. The lowest BCUT2D eigenvalue weighted by atomic mass is 9.90. The highest BCUT2D eigenvalue weighted by molar-refractivity contribution is 5.85. The summed E-state index contributed by atoms with van der Waals surface area (Å²) in [5, 5.41) is 0. The van der Waals surface area contributed by atoms with Crippen LogP contribution in [-0.2, 0) is 13.0 Å². The molecule has 0 spiro atoms. The average molecular weight is 398 g/mol. The van der Waals surface area contributed by atoms with E-state index in [0.717, 1.165) is 42.9 Å². The Balaban J connectivity index is 0.00000192. The van der Waals surface area contributed by atoms with Crippen LogP contribution in [0.4, 0.5) is 0 Å². The summed E-state index contributed by atoms with van der Waals surface area (Å²) >= 11 is 0. The van der Waals surface area contributed by atoms with Crippen molar-refractivity contribution in [2.24, 2.45) is 17.6 Å². The molecule has 0 aliphatic heterocycles. The molecular weight excluding hydrogens is 370 g/mol. The van der Waals surface area contributed by atoms with Crippen molar-refractivity contribution in [1.29, 1.82) is 0 Å². The molecule has 3 N–H and O–H groups in total. The summed E-state index contributed by atoms with van der Waals surface area (Å²) in [7, 11) is 0. The van der Waals surface area contributed by atoms with Crippen molar-refractivity contribution in [3.63, 3.8) is 0 Å². The van der Waals surface area contributed by atoms with Gasteiger partial charge in [0.2, 0.25) is 0 Å². The highest BCUT2D eigenvalue weighted by Gasteiger charge is 2.39. The number of benzene rings is 1. The zero-order valence-electron chi connectivity index (χ0n) is 16.1. The van der Waals surface area contributed by atoms with Gasteiger partial charge in [0, 0.05) is 12.7 Å². The van der Waals surface area contributed by atoms with Gasteiger partial charge in [-0.05, 0) is 67.8 Å². The van der Waals surface area contributed by atoms with E-state index >= 15 is 0 Å². The monoisotopic (exact) mass is 397 g/mol. The molecule has 2 heterocycles. The zero-order valence-corrected chi connectivity index (χ0v) is 16.9. The SMILES string of the molecule is Cl.NC[C@@H]1C[C@H]1CN(Cc1nc2ccccc2[nH]1)[C@H]1CCCc2cccnc21. The highest BCUT2D eigenvalue weighted by Crippen LogP contribution is 2.41. The van der Waals surface area contributed by atoms with Gasteiger partial charge in [0.05, 0.1) is 29.3 Å². The van der Waals surface area contributed by atoms with Gasteiger partial charge in [-0.25, -0.2) is 4.98 Å². The summed E-state index contributed by atoms with van der Waals surface area (Å²) in [4.78, 5) is 15.7. The van der Waals surface area contributed by atoms with Crippen molar-refractivity contribution in [3.05, 3.63) is 59.7 Å². The summed E-state index contributed by atoms with van der Waals surface area (Å²) in [5.74, 6) is 2.45. The van der Waals surface area contributed by atoms with Gasteiger partial charge in [-0.1, -0.05) is 18.2 Å². The number of para-hydroxylation sites is 2. The van der Waals surface area contributed by atoms with E-state index in [0.29, 0.717) is 17.9 Å². The minimum atomic E-state index is 0. The molecule has 1 aromatic carbocycles. The van der Waals surface area contributed by atoms with Crippen LogP contribution >= 0.6 is 12.4 Å². The van der Waals surface area contributed by atoms with E-state index in [-0.39, 0.29) is 12.4 Å². The second kappa shape index (κ2) is 8.19. The van der Waals surface area contributed by atoms with Crippen LogP contribution in [0, 0.1) is 11.8 Å². The molecule has 3 atom stereocenters. The minimum absolute atomic E-state index is 0. The number of aromatic amines is 1. The third kappa shape index (κ3) is 3.79. The fourth-order valence-corrected chi connectivity index (χ4v) is 4.64. The smallest absolute Gasteiger partial charge is 0.121 e. The van der Waals surface area contributed by atoms with E-state index in [2.05, 4.69) is 40.2 Å². The highest BCUT2D eigenvalue weighted by atomic mass is 35.5. The number of aryl methyl sites for hydroxylation is 1. The largest absolute Gasteiger partial charge is 0.341 e. The normalized spacial score (nSPS) is 23.4. The Bertz CT molecular complexity index is 906. The van der Waals surface area contributed by atoms with Gasteiger partial charge < -0.3 is 10.7 Å². The van der Waals surface area contributed by atoms with Crippen molar-refractivity contribution < 1.29 is 0 Å². The molecule has 2 aliphatic carbocycles. The summed E-state index contributed by atoms with van der Waals surface area (Å²) in [6.45, 7) is 2.73. The number of hydrogen-bond donors (Lipinski definition) is 2. The van der Waals surface area contributed by atoms with Crippen molar-refractivity contribution in [3.8, 4) is 0 Å². The molecule has 0 bridgehead atoms. The zero-order chi connectivity index (χ0) is 18.2. The predicted octanol–water partition coefficient (Wildman–Crippen LogP) is 3.85. The van der Waals surface area contributed by atoms with E-state index in [1.54, 1.807) is 0 Å². The van der Waals surface area contributed by atoms with Crippen LogP contribution in [0.3, 0.4) is 0 Å². The maximum Gasteiger partial charge on any atom is 0.121 e. The Labute approximate surface area is 172 Å². The molecular formula is C22H28ClN5. The molecule has 28 heavy (non-hydrogen) atoms. The Morgan fingerprint density at radius 3 is 2.86 bits per heavy atom. The number of pyridine rings is 1. The first kappa shape index (κ1) is 19.4. The number of imidazole rings is 1. The number of rotatable bonds is 6. The quantitative estimate of drug-likeness (QED) is 0.662. The number of aromatic nitrogens is 3. The van der Waals surface area contributed by atoms with Gasteiger partial charge in [0.15, 0.2) is 0 Å².